The van der Waals surface area contributed by atoms with Crippen LogP contribution >= 0.6 is 0 Å². The average molecular weight is 279 g/mol. The minimum atomic E-state index is -0.428. The molecule has 8 nitrogen and oxygen atoms in total. The van der Waals surface area contributed by atoms with Gasteiger partial charge in [0.2, 0.25) is 11.8 Å². The molecule has 0 aromatic carbocycles. The second-order valence-electron chi connectivity index (χ2n) is 5.05. The number of nitrogens with zero attached hydrogens (tertiary/aromatic N) is 4. The zero-order chi connectivity index (χ0) is 14.1. The van der Waals surface area contributed by atoms with E-state index in [9.17, 15) is 10.1 Å². The van der Waals surface area contributed by atoms with Crippen LogP contribution in [0, 0.1) is 10.1 Å². The molecule has 0 radical (unpaired) electrons. The molecule has 1 N–H and O–H groups in total. The number of fused-ring (bicyclic) bond motifs is 2. The van der Waals surface area contributed by atoms with Gasteiger partial charge in [-0.15, -0.1) is 0 Å². The van der Waals surface area contributed by atoms with E-state index in [1.807, 2.05) is 11.8 Å². The van der Waals surface area contributed by atoms with Crippen molar-refractivity contribution in [2.24, 2.45) is 0 Å². The zero-order valence-corrected chi connectivity index (χ0v) is 11.3. The SMILES string of the molecule is CCNc1ncc([N+](=O)[O-])c(N2CC3CCC(C2)O3)n1. The summed E-state index contributed by atoms with van der Waals surface area (Å²) < 4.78 is 5.76. The Balaban J connectivity index is 1.92. The minimum absolute atomic E-state index is 0.0482. The Bertz CT molecular complexity index is 512. The smallest absolute Gasteiger partial charge is 0.329 e. The van der Waals surface area contributed by atoms with Gasteiger partial charge in [-0.25, -0.2) is 4.98 Å². The van der Waals surface area contributed by atoms with E-state index < -0.39 is 4.92 Å². The predicted octanol–water partition coefficient (Wildman–Crippen LogP) is 1.18. The van der Waals surface area contributed by atoms with Gasteiger partial charge in [-0.05, 0) is 19.8 Å². The van der Waals surface area contributed by atoms with E-state index in [1.165, 1.54) is 6.20 Å². The lowest BCUT2D eigenvalue weighted by molar-refractivity contribution is -0.384. The number of nitrogens with one attached hydrogen (secondary N) is 1. The van der Waals surface area contributed by atoms with E-state index in [-0.39, 0.29) is 17.9 Å². The number of rotatable bonds is 4. The third-order valence-electron chi connectivity index (χ3n) is 3.62. The molecule has 0 saturated carbocycles. The maximum Gasteiger partial charge on any atom is 0.329 e. The van der Waals surface area contributed by atoms with E-state index in [2.05, 4.69) is 15.3 Å². The molecule has 0 spiro atoms. The summed E-state index contributed by atoms with van der Waals surface area (Å²) in [6.07, 6.45) is 3.62. The van der Waals surface area contributed by atoms with Gasteiger partial charge in [0.1, 0.15) is 6.20 Å². The highest BCUT2D eigenvalue weighted by Crippen LogP contribution is 2.33. The van der Waals surface area contributed by atoms with Gasteiger partial charge >= 0.3 is 5.69 Å². The molecular weight excluding hydrogens is 262 g/mol. The molecule has 8 heteroatoms. The standard InChI is InChI=1S/C12H17N5O3/c1-2-13-12-14-5-10(17(18)19)11(15-12)16-6-8-3-4-9(7-16)20-8/h5,8-9H,2-4,6-7H2,1H3,(H,13,14,15). The van der Waals surface area contributed by atoms with Crippen LogP contribution < -0.4 is 10.2 Å². The first-order chi connectivity index (χ1) is 9.67. The van der Waals surface area contributed by atoms with Gasteiger partial charge in [0.25, 0.3) is 0 Å². The van der Waals surface area contributed by atoms with Crippen LogP contribution in [0.5, 0.6) is 0 Å². The van der Waals surface area contributed by atoms with E-state index in [0.29, 0.717) is 31.4 Å². The van der Waals surface area contributed by atoms with Crippen molar-refractivity contribution < 1.29 is 9.66 Å². The highest BCUT2D eigenvalue weighted by atomic mass is 16.6. The first kappa shape index (κ1) is 13.0. The molecule has 1 aromatic rings. The van der Waals surface area contributed by atoms with Crippen LogP contribution in [0.15, 0.2) is 6.20 Å². The summed E-state index contributed by atoms with van der Waals surface area (Å²) in [6.45, 7) is 3.91. The molecule has 2 fully saturated rings. The van der Waals surface area contributed by atoms with Gasteiger partial charge < -0.3 is 15.0 Å². The highest BCUT2D eigenvalue weighted by molar-refractivity contribution is 5.59. The minimum Gasteiger partial charge on any atom is -0.371 e. The third kappa shape index (κ3) is 2.38. The predicted molar refractivity (Wildman–Crippen MR) is 73.0 cm³/mol. The number of ether oxygens (including phenoxy) is 1. The van der Waals surface area contributed by atoms with Crippen LogP contribution in [0.3, 0.4) is 0 Å². The van der Waals surface area contributed by atoms with E-state index >= 15 is 0 Å². The van der Waals surface area contributed by atoms with Crippen molar-refractivity contribution in [1.29, 1.82) is 0 Å². The average Bonchev–Trinajstić information content (AvgIpc) is 2.77. The van der Waals surface area contributed by atoms with Crippen molar-refractivity contribution in [3.8, 4) is 0 Å². The van der Waals surface area contributed by atoms with E-state index in [4.69, 9.17) is 4.74 Å². The normalized spacial score (nSPS) is 24.8. The fourth-order valence-electron chi connectivity index (χ4n) is 2.76. The van der Waals surface area contributed by atoms with Gasteiger partial charge in [0.15, 0.2) is 0 Å². The molecule has 3 heterocycles. The van der Waals surface area contributed by atoms with Crippen LogP contribution in [0.2, 0.25) is 0 Å². The summed E-state index contributed by atoms with van der Waals surface area (Å²) in [7, 11) is 0. The van der Waals surface area contributed by atoms with Crippen LogP contribution in [0.1, 0.15) is 19.8 Å². The Labute approximate surface area is 116 Å². The lowest BCUT2D eigenvalue weighted by atomic mass is 10.2. The molecule has 3 rings (SSSR count). The number of morpholine rings is 1. The summed E-state index contributed by atoms with van der Waals surface area (Å²) >= 11 is 0. The van der Waals surface area contributed by atoms with Gasteiger partial charge in [0, 0.05) is 19.6 Å². The molecule has 2 aliphatic rings. The number of hydrogen-bond acceptors (Lipinski definition) is 7. The zero-order valence-electron chi connectivity index (χ0n) is 11.3. The highest BCUT2D eigenvalue weighted by Gasteiger charge is 2.36. The number of anilines is 2. The summed E-state index contributed by atoms with van der Waals surface area (Å²) in [5.74, 6) is 0.813. The molecular formula is C12H17N5O3. The monoisotopic (exact) mass is 279 g/mol. The van der Waals surface area contributed by atoms with E-state index in [0.717, 1.165) is 12.8 Å². The lowest BCUT2D eigenvalue weighted by Gasteiger charge is -2.32. The van der Waals surface area contributed by atoms with Crippen molar-refractivity contribution in [2.75, 3.05) is 29.9 Å². The van der Waals surface area contributed by atoms with Crippen LogP contribution in [0.25, 0.3) is 0 Å². The number of hydrogen-bond donors (Lipinski definition) is 1. The molecule has 0 amide bonds. The summed E-state index contributed by atoms with van der Waals surface area (Å²) in [5.41, 5.74) is -0.0482. The van der Waals surface area contributed by atoms with Crippen LogP contribution in [-0.4, -0.2) is 46.7 Å². The van der Waals surface area contributed by atoms with Gasteiger partial charge in [-0.3, -0.25) is 10.1 Å². The molecule has 20 heavy (non-hydrogen) atoms. The summed E-state index contributed by atoms with van der Waals surface area (Å²) in [6, 6.07) is 0. The molecule has 2 unspecified atom stereocenters. The molecule has 2 atom stereocenters. The first-order valence-corrected chi connectivity index (χ1v) is 6.83. The Kier molecular flexibility index (Phi) is 3.39. The molecule has 2 saturated heterocycles. The summed E-state index contributed by atoms with van der Waals surface area (Å²) in [4.78, 5) is 21.0. The fraction of sp³-hybridized carbons (Fsp3) is 0.667. The molecule has 1 aromatic heterocycles. The Morgan fingerprint density at radius 1 is 1.50 bits per heavy atom. The Hall–Kier alpha value is -1.96. The topological polar surface area (TPSA) is 93.4 Å². The summed E-state index contributed by atoms with van der Waals surface area (Å²) in [5, 5.41) is 14.1. The molecule has 2 aliphatic heterocycles. The fourth-order valence-corrected chi connectivity index (χ4v) is 2.76. The van der Waals surface area contributed by atoms with Crippen molar-refractivity contribution in [3.05, 3.63) is 16.3 Å². The van der Waals surface area contributed by atoms with Crippen molar-refractivity contribution in [2.45, 2.75) is 32.0 Å². The Morgan fingerprint density at radius 3 is 2.80 bits per heavy atom. The maximum absolute atomic E-state index is 11.2. The van der Waals surface area contributed by atoms with Crippen molar-refractivity contribution in [1.82, 2.24) is 9.97 Å². The lowest BCUT2D eigenvalue weighted by Crippen LogP contribution is -2.43. The maximum atomic E-state index is 11.2. The van der Waals surface area contributed by atoms with Gasteiger partial charge in [0.05, 0.1) is 17.1 Å². The number of aromatic nitrogens is 2. The van der Waals surface area contributed by atoms with Crippen molar-refractivity contribution in [3.63, 3.8) is 0 Å². The Morgan fingerprint density at radius 2 is 2.20 bits per heavy atom. The molecule has 0 aliphatic carbocycles. The number of nitro groups is 1. The van der Waals surface area contributed by atoms with Crippen LogP contribution in [-0.2, 0) is 4.74 Å². The van der Waals surface area contributed by atoms with E-state index in [1.54, 1.807) is 0 Å². The largest absolute Gasteiger partial charge is 0.371 e. The second kappa shape index (κ2) is 5.20. The third-order valence-corrected chi connectivity index (χ3v) is 3.62. The quantitative estimate of drug-likeness (QED) is 0.653. The van der Waals surface area contributed by atoms with Gasteiger partial charge in [-0.1, -0.05) is 0 Å². The van der Waals surface area contributed by atoms with Crippen LogP contribution in [0.4, 0.5) is 17.5 Å². The second-order valence-corrected chi connectivity index (χ2v) is 5.05. The van der Waals surface area contributed by atoms with Crippen molar-refractivity contribution >= 4 is 17.5 Å². The molecule has 2 bridgehead atoms. The molecule has 108 valence electrons. The van der Waals surface area contributed by atoms with Gasteiger partial charge in [-0.2, -0.15) is 4.98 Å². The first-order valence-electron chi connectivity index (χ1n) is 6.83.